The molecule has 0 aliphatic carbocycles. The number of hydrogen-bond acceptors (Lipinski definition) is 1. The number of carbonyl (C=O) groups excluding carboxylic acids is 1. The Labute approximate surface area is 47.4 Å². The largest absolute Gasteiger partial charge is 0.351 e. The van der Waals surface area contributed by atoms with Crippen molar-refractivity contribution in [2.24, 2.45) is 0 Å². The molecule has 1 amide bonds. The summed E-state index contributed by atoms with van der Waals surface area (Å²) in [7, 11) is 0. The van der Waals surface area contributed by atoms with E-state index >= 15 is 0 Å². The van der Waals surface area contributed by atoms with Crippen molar-refractivity contribution in [3.63, 3.8) is 0 Å². The zero-order valence-electron chi connectivity index (χ0n) is 4.42. The number of carbonyl (C=O) groups is 1. The summed E-state index contributed by atoms with van der Waals surface area (Å²) in [5, 5.41) is 6.89. The van der Waals surface area contributed by atoms with Crippen molar-refractivity contribution in [1.29, 1.82) is 0 Å². The predicted octanol–water partition coefficient (Wildman–Crippen LogP) is -1.14. The molecule has 2 saturated heterocycles. The minimum Gasteiger partial charge on any atom is -0.351 e. The summed E-state index contributed by atoms with van der Waals surface area (Å²) < 4.78 is 0. The molecule has 0 aromatic carbocycles. The number of piperazine rings is 1. The molecule has 2 fully saturated rings. The molecule has 1 N–H and O–H groups in total. The van der Waals surface area contributed by atoms with E-state index in [1.54, 1.807) is 0 Å². The maximum absolute atomic E-state index is 10.6. The molecule has 3 nitrogen and oxygen atoms in total. The third-order valence-corrected chi connectivity index (χ3v) is 1.70. The summed E-state index contributed by atoms with van der Waals surface area (Å²) in [6, 6.07) is 0.396. The van der Waals surface area contributed by atoms with Crippen molar-refractivity contribution in [3.05, 3.63) is 0 Å². The Bertz CT molecular complexity index is 134. The minimum absolute atomic E-state index is 0.0139. The Hall–Kier alpha value is -0.570. The van der Waals surface area contributed by atoms with Crippen LogP contribution in [-0.4, -0.2) is 24.5 Å². The van der Waals surface area contributed by atoms with Crippen LogP contribution in [0.25, 0.3) is 0 Å². The summed E-state index contributed by atoms with van der Waals surface area (Å²) in [5.74, 6) is 0.126. The number of nitrogens with zero attached hydrogens (tertiary/aromatic N) is 1. The van der Waals surface area contributed by atoms with Crippen molar-refractivity contribution in [3.8, 4) is 0 Å². The van der Waals surface area contributed by atoms with Crippen molar-refractivity contribution < 1.29 is 4.79 Å². The van der Waals surface area contributed by atoms with Gasteiger partial charge in [-0.3, -0.25) is 4.79 Å². The molecule has 0 unspecified atom stereocenters. The monoisotopic (exact) mass is 111 g/mol. The second-order valence-electron chi connectivity index (χ2n) is 2.32. The number of rotatable bonds is 0. The van der Waals surface area contributed by atoms with Crippen molar-refractivity contribution in [2.45, 2.75) is 18.5 Å². The minimum atomic E-state index is 0.0139. The highest BCUT2D eigenvalue weighted by Crippen LogP contribution is 2.15. The Morgan fingerprint density at radius 2 is 2.62 bits per heavy atom. The van der Waals surface area contributed by atoms with E-state index in [-0.39, 0.29) is 11.9 Å². The Kier molecular flexibility index (Phi) is 0.663. The van der Waals surface area contributed by atoms with Gasteiger partial charge in [0.25, 0.3) is 0 Å². The summed E-state index contributed by atoms with van der Waals surface area (Å²) >= 11 is 0. The van der Waals surface area contributed by atoms with Gasteiger partial charge in [-0.1, -0.05) is 0 Å². The lowest BCUT2D eigenvalue weighted by molar-refractivity contribution is -0.121. The van der Waals surface area contributed by atoms with Gasteiger partial charge in [0.15, 0.2) is 0 Å². The number of amides is 1. The van der Waals surface area contributed by atoms with Gasteiger partial charge in [-0.05, 0) is 6.42 Å². The SMILES string of the molecule is O=C1N[C@@H]2C[N][C@H]1C2. The van der Waals surface area contributed by atoms with E-state index < -0.39 is 0 Å². The van der Waals surface area contributed by atoms with Crippen LogP contribution in [0.4, 0.5) is 0 Å². The van der Waals surface area contributed by atoms with E-state index in [0.717, 1.165) is 13.0 Å². The predicted molar refractivity (Wildman–Crippen MR) is 27.3 cm³/mol. The van der Waals surface area contributed by atoms with Gasteiger partial charge in [0.1, 0.15) is 6.04 Å². The Balaban J connectivity index is 2.22. The molecular weight excluding hydrogens is 104 g/mol. The first kappa shape index (κ1) is 4.32. The van der Waals surface area contributed by atoms with Crippen LogP contribution < -0.4 is 10.6 Å². The fourth-order valence-electron chi connectivity index (χ4n) is 1.26. The number of fused-ring (bicyclic) bond motifs is 2. The van der Waals surface area contributed by atoms with Crippen LogP contribution in [0.5, 0.6) is 0 Å². The lowest BCUT2D eigenvalue weighted by Gasteiger charge is -2.08. The zero-order chi connectivity index (χ0) is 5.56. The first-order chi connectivity index (χ1) is 3.86. The lowest BCUT2D eigenvalue weighted by Crippen LogP contribution is -2.40. The van der Waals surface area contributed by atoms with E-state index in [0.29, 0.717) is 6.04 Å². The maximum Gasteiger partial charge on any atom is 0.239 e. The van der Waals surface area contributed by atoms with E-state index in [4.69, 9.17) is 0 Å². The smallest absolute Gasteiger partial charge is 0.239 e. The van der Waals surface area contributed by atoms with Crippen molar-refractivity contribution in [2.75, 3.05) is 6.54 Å². The average Bonchev–Trinajstić information content (AvgIpc) is 2.23. The first-order valence-electron chi connectivity index (χ1n) is 2.83. The van der Waals surface area contributed by atoms with Gasteiger partial charge in [-0.15, -0.1) is 0 Å². The molecule has 43 valence electrons. The lowest BCUT2D eigenvalue weighted by atomic mass is 10.2. The maximum atomic E-state index is 10.6. The van der Waals surface area contributed by atoms with Crippen LogP contribution in [0.15, 0.2) is 0 Å². The summed E-state index contributed by atoms with van der Waals surface area (Å²) in [5.41, 5.74) is 0. The normalized spacial score (nSPS) is 42.8. The molecule has 8 heavy (non-hydrogen) atoms. The van der Waals surface area contributed by atoms with Crippen LogP contribution in [-0.2, 0) is 4.79 Å². The third kappa shape index (κ3) is 0.395. The standard InChI is InChI=1S/C5H7N2O/c8-5-4-1-3(7-5)2-6-4/h3-4H,1-2H2,(H,7,8)/t3-,4-/m0/s1. The molecular formula is C5H7N2O. The van der Waals surface area contributed by atoms with E-state index in [1.807, 2.05) is 0 Å². The van der Waals surface area contributed by atoms with Gasteiger partial charge < -0.3 is 5.32 Å². The van der Waals surface area contributed by atoms with Crippen LogP contribution >= 0.6 is 0 Å². The molecule has 2 aliphatic rings. The van der Waals surface area contributed by atoms with Crippen molar-refractivity contribution in [1.82, 2.24) is 10.6 Å². The van der Waals surface area contributed by atoms with Gasteiger partial charge in [0.05, 0.1) is 0 Å². The van der Waals surface area contributed by atoms with Gasteiger partial charge >= 0.3 is 0 Å². The van der Waals surface area contributed by atoms with Gasteiger partial charge in [0.2, 0.25) is 5.91 Å². The topological polar surface area (TPSA) is 43.2 Å². The van der Waals surface area contributed by atoms with Gasteiger partial charge in [-0.25, -0.2) is 5.32 Å². The summed E-state index contributed by atoms with van der Waals surface area (Å²) in [4.78, 5) is 10.6. The van der Waals surface area contributed by atoms with E-state index in [1.165, 1.54) is 0 Å². The average molecular weight is 111 g/mol. The number of hydrogen-bond donors (Lipinski definition) is 1. The van der Waals surface area contributed by atoms with Crippen LogP contribution in [0.3, 0.4) is 0 Å². The Morgan fingerprint density at radius 1 is 1.75 bits per heavy atom. The van der Waals surface area contributed by atoms with Crippen molar-refractivity contribution >= 4 is 5.91 Å². The molecule has 2 heterocycles. The molecule has 2 bridgehead atoms. The second kappa shape index (κ2) is 1.23. The molecule has 0 aromatic heterocycles. The van der Waals surface area contributed by atoms with Gasteiger partial charge in [0, 0.05) is 12.6 Å². The molecule has 1 radical (unpaired) electrons. The molecule has 2 atom stereocenters. The van der Waals surface area contributed by atoms with Crippen LogP contribution in [0.1, 0.15) is 6.42 Å². The Morgan fingerprint density at radius 3 is 2.88 bits per heavy atom. The molecule has 0 aromatic rings. The van der Waals surface area contributed by atoms with Crippen LogP contribution in [0, 0.1) is 0 Å². The first-order valence-corrected chi connectivity index (χ1v) is 2.83. The second-order valence-corrected chi connectivity index (χ2v) is 2.32. The van der Waals surface area contributed by atoms with Gasteiger partial charge in [-0.2, -0.15) is 0 Å². The highest BCUT2D eigenvalue weighted by molar-refractivity contribution is 5.85. The zero-order valence-corrected chi connectivity index (χ0v) is 4.42. The fourth-order valence-corrected chi connectivity index (χ4v) is 1.26. The van der Waals surface area contributed by atoms with Crippen LogP contribution in [0.2, 0.25) is 0 Å². The molecule has 0 spiro atoms. The number of nitrogens with one attached hydrogen (secondary N) is 1. The highest BCUT2D eigenvalue weighted by Gasteiger charge is 2.38. The molecule has 2 aliphatic heterocycles. The quantitative estimate of drug-likeness (QED) is 0.422. The van der Waals surface area contributed by atoms with E-state index in [9.17, 15) is 4.79 Å². The third-order valence-electron chi connectivity index (χ3n) is 1.70. The van der Waals surface area contributed by atoms with E-state index in [2.05, 4.69) is 10.6 Å². The molecule has 2 rings (SSSR count). The summed E-state index contributed by atoms with van der Waals surface area (Å²) in [6.45, 7) is 0.844. The fraction of sp³-hybridized carbons (Fsp3) is 0.800. The molecule has 3 heteroatoms. The summed E-state index contributed by atoms with van der Waals surface area (Å²) in [6.07, 6.45) is 0.943. The highest BCUT2D eigenvalue weighted by atomic mass is 16.2. The molecule has 0 saturated carbocycles.